The number of hydrogen-bond acceptors (Lipinski definition) is 2. The van der Waals surface area contributed by atoms with E-state index in [9.17, 15) is 0 Å². The molecule has 0 radical (unpaired) electrons. The molecule has 78 valence electrons. The van der Waals surface area contributed by atoms with Gasteiger partial charge in [0.1, 0.15) is 5.84 Å². The largest absolute Gasteiger partial charge is 0.370 e. The molecule has 0 amide bonds. The summed E-state index contributed by atoms with van der Waals surface area (Å²) < 4.78 is 0. The normalized spacial score (nSPS) is 16.2. The first kappa shape index (κ1) is 12.4. The second-order valence-corrected chi connectivity index (χ2v) is 4.75. The molecule has 0 saturated carbocycles. The maximum atomic E-state index is 6.06. The SMILES string of the molecule is CN=C(NC(C)C)[C@@H](N)C(C)(C)C. The Labute approximate surface area is 81.8 Å². The van der Waals surface area contributed by atoms with Crippen molar-refractivity contribution in [1.29, 1.82) is 0 Å². The van der Waals surface area contributed by atoms with E-state index in [0.717, 1.165) is 5.84 Å². The fourth-order valence-corrected chi connectivity index (χ4v) is 0.999. The fraction of sp³-hybridized carbons (Fsp3) is 0.900. The molecule has 0 spiro atoms. The Morgan fingerprint density at radius 3 is 2.00 bits per heavy atom. The summed E-state index contributed by atoms with van der Waals surface area (Å²) in [5, 5.41) is 3.26. The molecular formula is C10H23N3. The summed E-state index contributed by atoms with van der Waals surface area (Å²) in [6, 6.07) is 0.354. The third kappa shape index (κ3) is 4.27. The molecule has 0 aromatic carbocycles. The molecule has 3 N–H and O–H groups in total. The molecule has 0 saturated heterocycles. The molecule has 0 fully saturated rings. The summed E-state index contributed by atoms with van der Waals surface area (Å²) in [5.41, 5.74) is 6.11. The minimum absolute atomic E-state index is 0.0279. The van der Waals surface area contributed by atoms with Crippen molar-refractivity contribution in [1.82, 2.24) is 5.32 Å². The molecule has 0 unspecified atom stereocenters. The van der Waals surface area contributed by atoms with Crippen LogP contribution < -0.4 is 11.1 Å². The van der Waals surface area contributed by atoms with Gasteiger partial charge in [0.15, 0.2) is 0 Å². The third-order valence-electron chi connectivity index (χ3n) is 1.91. The minimum Gasteiger partial charge on any atom is -0.370 e. The third-order valence-corrected chi connectivity index (χ3v) is 1.91. The lowest BCUT2D eigenvalue weighted by molar-refractivity contribution is 0.375. The van der Waals surface area contributed by atoms with Crippen molar-refractivity contribution in [2.45, 2.75) is 46.7 Å². The molecule has 0 rings (SSSR count). The second-order valence-electron chi connectivity index (χ2n) is 4.75. The Hall–Kier alpha value is -0.570. The zero-order chi connectivity index (χ0) is 10.6. The number of aliphatic imine (C=N–C) groups is 1. The average molecular weight is 185 g/mol. The van der Waals surface area contributed by atoms with Crippen LogP contribution in [0.25, 0.3) is 0 Å². The summed E-state index contributed by atoms with van der Waals surface area (Å²) in [6.45, 7) is 10.5. The molecule has 0 bridgehead atoms. The van der Waals surface area contributed by atoms with Crippen LogP contribution in [0.1, 0.15) is 34.6 Å². The first-order chi connectivity index (χ1) is 5.79. The summed E-state index contributed by atoms with van der Waals surface area (Å²) >= 11 is 0. The van der Waals surface area contributed by atoms with E-state index in [1.165, 1.54) is 0 Å². The fourth-order valence-electron chi connectivity index (χ4n) is 0.999. The van der Waals surface area contributed by atoms with Crippen LogP contribution in [-0.2, 0) is 0 Å². The lowest BCUT2D eigenvalue weighted by Crippen LogP contribution is -2.50. The quantitative estimate of drug-likeness (QED) is 0.504. The van der Waals surface area contributed by atoms with E-state index < -0.39 is 0 Å². The van der Waals surface area contributed by atoms with E-state index >= 15 is 0 Å². The maximum Gasteiger partial charge on any atom is 0.114 e. The van der Waals surface area contributed by atoms with Crippen LogP contribution >= 0.6 is 0 Å². The van der Waals surface area contributed by atoms with Crippen molar-refractivity contribution >= 4 is 5.84 Å². The van der Waals surface area contributed by atoms with Crippen LogP contribution in [0.5, 0.6) is 0 Å². The van der Waals surface area contributed by atoms with E-state index in [1.54, 1.807) is 7.05 Å². The zero-order valence-corrected chi connectivity index (χ0v) is 9.68. The molecule has 0 aromatic heterocycles. The molecule has 0 aromatic rings. The van der Waals surface area contributed by atoms with Gasteiger partial charge in [-0.1, -0.05) is 20.8 Å². The highest BCUT2D eigenvalue weighted by atomic mass is 15.0. The molecule has 3 heteroatoms. The Morgan fingerprint density at radius 1 is 1.31 bits per heavy atom. The van der Waals surface area contributed by atoms with Crippen molar-refractivity contribution in [2.24, 2.45) is 16.1 Å². The highest BCUT2D eigenvalue weighted by molar-refractivity contribution is 5.88. The smallest absolute Gasteiger partial charge is 0.114 e. The molecule has 3 nitrogen and oxygen atoms in total. The van der Waals surface area contributed by atoms with Crippen molar-refractivity contribution < 1.29 is 0 Å². The van der Waals surface area contributed by atoms with Gasteiger partial charge in [-0.3, -0.25) is 4.99 Å². The first-order valence-corrected chi connectivity index (χ1v) is 4.77. The van der Waals surface area contributed by atoms with Gasteiger partial charge in [0.05, 0.1) is 6.04 Å². The van der Waals surface area contributed by atoms with Crippen LogP contribution in [0.2, 0.25) is 0 Å². The Kier molecular flexibility index (Phi) is 4.40. The number of nitrogens with zero attached hydrogens (tertiary/aromatic N) is 1. The van der Waals surface area contributed by atoms with Crippen molar-refractivity contribution in [3.63, 3.8) is 0 Å². The van der Waals surface area contributed by atoms with Crippen molar-refractivity contribution in [3.05, 3.63) is 0 Å². The summed E-state index contributed by atoms with van der Waals surface area (Å²) in [6.07, 6.45) is 0. The lowest BCUT2D eigenvalue weighted by atomic mass is 9.86. The lowest BCUT2D eigenvalue weighted by Gasteiger charge is -2.29. The summed E-state index contributed by atoms with van der Waals surface area (Å²) in [5.74, 6) is 0.891. The van der Waals surface area contributed by atoms with Crippen LogP contribution in [0.15, 0.2) is 4.99 Å². The monoisotopic (exact) mass is 185 g/mol. The maximum absolute atomic E-state index is 6.06. The van der Waals surface area contributed by atoms with Gasteiger partial charge in [0, 0.05) is 13.1 Å². The van der Waals surface area contributed by atoms with E-state index in [0.29, 0.717) is 6.04 Å². The van der Waals surface area contributed by atoms with E-state index in [-0.39, 0.29) is 11.5 Å². The highest BCUT2D eigenvalue weighted by Crippen LogP contribution is 2.17. The standard InChI is InChI=1S/C10H23N3/c1-7(2)13-9(12-6)8(11)10(3,4)5/h7-8H,11H2,1-6H3,(H,12,13)/t8-/m1/s1. The van der Waals surface area contributed by atoms with Gasteiger partial charge in [-0.25, -0.2) is 0 Å². The molecular weight excluding hydrogens is 162 g/mol. The number of nitrogens with one attached hydrogen (secondary N) is 1. The molecule has 0 aliphatic carbocycles. The van der Waals surface area contributed by atoms with E-state index in [1.807, 2.05) is 0 Å². The molecule has 0 aliphatic heterocycles. The summed E-state index contributed by atoms with van der Waals surface area (Å²) in [7, 11) is 1.77. The van der Waals surface area contributed by atoms with Gasteiger partial charge in [0.2, 0.25) is 0 Å². The van der Waals surface area contributed by atoms with E-state index in [4.69, 9.17) is 5.73 Å². The topological polar surface area (TPSA) is 50.4 Å². The van der Waals surface area contributed by atoms with Crippen LogP contribution in [0.3, 0.4) is 0 Å². The Balaban J connectivity index is 4.43. The summed E-state index contributed by atoms with van der Waals surface area (Å²) in [4.78, 5) is 4.18. The van der Waals surface area contributed by atoms with Gasteiger partial charge in [-0.2, -0.15) is 0 Å². The highest BCUT2D eigenvalue weighted by Gasteiger charge is 2.25. The molecule has 0 heterocycles. The Morgan fingerprint density at radius 2 is 1.77 bits per heavy atom. The predicted octanol–water partition coefficient (Wildman–Crippen LogP) is 1.39. The van der Waals surface area contributed by atoms with Gasteiger partial charge in [-0.05, 0) is 19.3 Å². The molecule has 1 atom stereocenters. The van der Waals surface area contributed by atoms with Gasteiger partial charge < -0.3 is 11.1 Å². The molecule has 13 heavy (non-hydrogen) atoms. The Bertz CT molecular complexity index is 177. The second kappa shape index (κ2) is 4.61. The number of amidine groups is 1. The van der Waals surface area contributed by atoms with Gasteiger partial charge in [0.25, 0.3) is 0 Å². The van der Waals surface area contributed by atoms with Gasteiger partial charge >= 0.3 is 0 Å². The van der Waals surface area contributed by atoms with Crippen molar-refractivity contribution in [3.8, 4) is 0 Å². The van der Waals surface area contributed by atoms with Crippen LogP contribution in [0.4, 0.5) is 0 Å². The number of nitrogens with two attached hydrogens (primary N) is 1. The van der Waals surface area contributed by atoms with Crippen molar-refractivity contribution in [2.75, 3.05) is 7.05 Å². The van der Waals surface area contributed by atoms with Crippen LogP contribution in [0, 0.1) is 5.41 Å². The van der Waals surface area contributed by atoms with E-state index in [2.05, 4.69) is 44.9 Å². The van der Waals surface area contributed by atoms with Crippen LogP contribution in [-0.4, -0.2) is 25.0 Å². The van der Waals surface area contributed by atoms with Gasteiger partial charge in [-0.15, -0.1) is 0 Å². The number of hydrogen-bond donors (Lipinski definition) is 2. The zero-order valence-electron chi connectivity index (χ0n) is 9.68. The number of rotatable bonds is 2. The first-order valence-electron chi connectivity index (χ1n) is 4.77. The minimum atomic E-state index is -0.0279. The molecule has 0 aliphatic rings. The average Bonchev–Trinajstić information content (AvgIpc) is 1.96. The predicted molar refractivity (Wildman–Crippen MR) is 59.1 cm³/mol.